The molecule has 4 nitrogen and oxygen atoms in total. The van der Waals surface area contributed by atoms with Crippen molar-refractivity contribution in [3.8, 4) is 22.8 Å². The predicted octanol–water partition coefficient (Wildman–Crippen LogP) is 5.55. The quantitative estimate of drug-likeness (QED) is 0.451. The van der Waals surface area contributed by atoms with Crippen LogP contribution in [0.3, 0.4) is 0 Å². The van der Waals surface area contributed by atoms with Crippen molar-refractivity contribution >= 4 is 16.5 Å². The van der Waals surface area contributed by atoms with Crippen LogP contribution in [-0.4, -0.2) is 4.98 Å². The lowest BCUT2D eigenvalue weighted by Gasteiger charge is -2.14. The number of thiazole rings is 1. The first kappa shape index (κ1) is 18.1. The number of benzene rings is 3. The lowest BCUT2D eigenvalue weighted by molar-refractivity contribution is 0.256. The summed E-state index contributed by atoms with van der Waals surface area (Å²) in [5.41, 5.74) is 9.77. The molecule has 0 radical (unpaired) electrons. The molecule has 5 heteroatoms. The molecule has 0 atom stereocenters. The number of nitrogens with two attached hydrogens (primary N) is 1. The van der Waals surface area contributed by atoms with Crippen LogP contribution in [0.4, 0.5) is 5.13 Å². The molecule has 0 unspecified atom stereocenters. The highest BCUT2D eigenvalue weighted by Gasteiger charge is 2.11. The summed E-state index contributed by atoms with van der Waals surface area (Å²) in [6.07, 6.45) is 0. The maximum Gasteiger partial charge on any atom is 0.180 e. The van der Waals surface area contributed by atoms with E-state index in [9.17, 15) is 0 Å². The number of nitrogen functional groups attached to an aromatic ring is 1. The molecule has 4 rings (SSSR count). The van der Waals surface area contributed by atoms with Crippen LogP contribution in [0.5, 0.6) is 11.5 Å². The number of nitrogens with zero attached hydrogens (tertiary/aromatic N) is 1. The Balaban J connectivity index is 1.58. The summed E-state index contributed by atoms with van der Waals surface area (Å²) in [6.45, 7) is 0.941. The van der Waals surface area contributed by atoms with Crippen molar-refractivity contribution < 1.29 is 9.47 Å². The average molecular weight is 388 g/mol. The zero-order valence-electron chi connectivity index (χ0n) is 15.2. The Labute approximate surface area is 168 Å². The van der Waals surface area contributed by atoms with E-state index in [4.69, 9.17) is 15.2 Å². The zero-order valence-corrected chi connectivity index (χ0v) is 16.1. The first-order valence-corrected chi connectivity index (χ1v) is 9.85. The molecular formula is C23H20N2O2S. The minimum atomic E-state index is 0.463. The van der Waals surface area contributed by atoms with Gasteiger partial charge in [0.2, 0.25) is 0 Å². The second kappa shape index (κ2) is 8.59. The molecule has 0 amide bonds. The number of hydrogen-bond acceptors (Lipinski definition) is 5. The van der Waals surface area contributed by atoms with Crippen molar-refractivity contribution in [3.05, 3.63) is 95.4 Å². The van der Waals surface area contributed by atoms with Crippen molar-refractivity contribution in [2.45, 2.75) is 13.2 Å². The van der Waals surface area contributed by atoms with E-state index in [1.807, 2.05) is 84.2 Å². The topological polar surface area (TPSA) is 57.4 Å². The van der Waals surface area contributed by atoms with Crippen LogP contribution in [0.1, 0.15) is 11.1 Å². The Kier molecular flexibility index (Phi) is 5.54. The first-order chi connectivity index (χ1) is 13.8. The second-order valence-electron chi connectivity index (χ2n) is 6.28. The van der Waals surface area contributed by atoms with Crippen LogP contribution in [0.2, 0.25) is 0 Å². The molecule has 4 aromatic rings. The van der Waals surface area contributed by atoms with Crippen LogP contribution >= 0.6 is 11.3 Å². The fourth-order valence-electron chi connectivity index (χ4n) is 2.79. The van der Waals surface area contributed by atoms with Gasteiger partial charge in [0.15, 0.2) is 16.6 Å². The fourth-order valence-corrected chi connectivity index (χ4v) is 3.36. The molecule has 0 saturated carbocycles. The molecule has 3 aromatic carbocycles. The van der Waals surface area contributed by atoms with Crippen LogP contribution in [0, 0.1) is 0 Å². The third-order valence-electron chi connectivity index (χ3n) is 4.24. The Morgan fingerprint density at radius 1 is 0.750 bits per heavy atom. The van der Waals surface area contributed by atoms with E-state index < -0.39 is 0 Å². The molecule has 0 aliphatic rings. The number of ether oxygens (including phenoxy) is 2. The van der Waals surface area contributed by atoms with Gasteiger partial charge in [-0.25, -0.2) is 4.98 Å². The van der Waals surface area contributed by atoms with Crippen molar-refractivity contribution in [1.82, 2.24) is 4.98 Å². The maximum atomic E-state index is 6.10. The van der Waals surface area contributed by atoms with Gasteiger partial charge in [0.05, 0.1) is 5.69 Å². The number of aromatic nitrogens is 1. The minimum absolute atomic E-state index is 0.463. The molecule has 140 valence electrons. The van der Waals surface area contributed by atoms with E-state index in [2.05, 4.69) is 4.98 Å². The summed E-state index contributed by atoms with van der Waals surface area (Å²) in [4.78, 5) is 4.36. The largest absolute Gasteiger partial charge is 0.485 e. The smallest absolute Gasteiger partial charge is 0.180 e. The van der Waals surface area contributed by atoms with Crippen molar-refractivity contribution in [1.29, 1.82) is 0 Å². The lowest BCUT2D eigenvalue weighted by atomic mass is 10.1. The average Bonchev–Trinajstić information content (AvgIpc) is 3.19. The summed E-state index contributed by atoms with van der Waals surface area (Å²) < 4.78 is 12.1. The van der Waals surface area contributed by atoms with E-state index in [0.717, 1.165) is 22.4 Å². The van der Waals surface area contributed by atoms with Crippen LogP contribution in [0.25, 0.3) is 11.3 Å². The second-order valence-corrected chi connectivity index (χ2v) is 7.17. The standard InChI is InChI=1S/C23H20N2O2S/c24-23-25-20(16-28-23)19-11-12-21(26-14-17-7-3-1-4-8-17)22(13-19)27-15-18-9-5-2-6-10-18/h1-13,16H,14-15H2,(H2,24,25). The normalized spacial score (nSPS) is 10.6. The highest BCUT2D eigenvalue weighted by molar-refractivity contribution is 7.13. The van der Waals surface area contributed by atoms with Gasteiger partial charge in [0.1, 0.15) is 13.2 Å². The molecule has 28 heavy (non-hydrogen) atoms. The number of anilines is 1. The Morgan fingerprint density at radius 2 is 1.36 bits per heavy atom. The van der Waals surface area contributed by atoms with E-state index >= 15 is 0 Å². The SMILES string of the molecule is Nc1nc(-c2ccc(OCc3ccccc3)c(OCc3ccccc3)c2)cs1. The van der Waals surface area contributed by atoms with E-state index in [1.54, 1.807) is 0 Å². The summed E-state index contributed by atoms with van der Waals surface area (Å²) in [6, 6.07) is 26.0. The number of rotatable bonds is 7. The number of hydrogen-bond donors (Lipinski definition) is 1. The molecule has 1 aromatic heterocycles. The maximum absolute atomic E-state index is 6.10. The van der Waals surface area contributed by atoms with Crippen molar-refractivity contribution in [3.63, 3.8) is 0 Å². The third kappa shape index (κ3) is 4.50. The van der Waals surface area contributed by atoms with Crippen molar-refractivity contribution in [2.75, 3.05) is 5.73 Å². The van der Waals surface area contributed by atoms with Crippen LogP contribution in [0.15, 0.2) is 84.2 Å². The lowest BCUT2D eigenvalue weighted by Crippen LogP contribution is -2.01. The summed E-state index contributed by atoms with van der Waals surface area (Å²) in [5.74, 6) is 1.38. The fraction of sp³-hybridized carbons (Fsp3) is 0.0870. The van der Waals surface area contributed by atoms with Gasteiger partial charge in [-0.2, -0.15) is 0 Å². The Hall–Kier alpha value is -3.31. The van der Waals surface area contributed by atoms with Gasteiger partial charge in [0.25, 0.3) is 0 Å². The molecule has 0 spiro atoms. The molecule has 0 aliphatic heterocycles. The zero-order chi connectivity index (χ0) is 19.2. The van der Waals surface area contributed by atoms with E-state index in [0.29, 0.717) is 29.8 Å². The van der Waals surface area contributed by atoms with Crippen LogP contribution in [-0.2, 0) is 13.2 Å². The minimum Gasteiger partial charge on any atom is -0.485 e. The molecular weight excluding hydrogens is 368 g/mol. The van der Waals surface area contributed by atoms with Gasteiger partial charge in [-0.15, -0.1) is 11.3 Å². The van der Waals surface area contributed by atoms with Gasteiger partial charge in [-0.05, 0) is 29.3 Å². The monoisotopic (exact) mass is 388 g/mol. The Morgan fingerprint density at radius 3 is 1.93 bits per heavy atom. The van der Waals surface area contributed by atoms with Gasteiger partial charge in [0, 0.05) is 10.9 Å². The van der Waals surface area contributed by atoms with Crippen LogP contribution < -0.4 is 15.2 Å². The summed E-state index contributed by atoms with van der Waals surface area (Å²) >= 11 is 1.42. The molecule has 0 saturated heterocycles. The molecule has 0 bridgehead atoms. The first-order valence-electron chi connectivity index (χ1n) is 8.97. The van der Waals surface area contributed by atoms with Gasteiger partial charge in [-0.3, -0.25) is 0 Å². The Bertz CT molecular complexity index is 1030. The third-order valence-corrected chi connectivity index (χ3v) is 4.91. The summed E-state index contributed by atoms with van der Waals surface area (Å²) in [5, 5.41) is 2.49. The van der Waals surface area contributed by atoms with Gasteiger partial charge >= 0.3 is 0 Å². The van der Waals surface area contributed by atoms with Gasteiger partial charge in [-0.1, -0.05) is 60.7 Å². The molecule has 2 N–H and O–H groups in total. The van der Waals surface area contributed by atoms with E-state index in [-0.39, 0.29) is 0 Å². The molecule has 1 heterocycles. The molecule has 0 fully saturated rings. The highest BCUT2D eigenvalue weighted by Crippen LogP contribution is 2.34. The summed E-state index contributed by atoms with van der Waals surface area (Å²) in [7, 11) is 0. The predicted molar refractivity (Wildman–Crippen MR) is 114 cm³/mol. The highest BCUT2D eigenvalue weighted by atomic mass is 32.1. The van der Waals surface area contributed by atoms with Crippen molar-refractivity contribution in [2.24, 2.45) is 0 Å². The molecule has 0 aliphatic carbocycles. The van der Waals surface area contributed by atoms with Gasteiger partial charge < -0.3 is 15.2 Å². The van der Waals surface area contributed by atoms with E-state index in [1.165, 1.54) is 11.3 Å².